The first-order chi connectivity index (χ1) is 15.0. The van der Waals surface area contributed by atoms with Gasteiger partial charge >= 0.3 is 0 Å². The van der Waals surface area contributed by atoms with Gasteiger partial charge in [-0.3, -0.25) is 14.4 Å². The van der Waals surface area contributed by atoms with E-state index in [4.69, 9.17) is 39.6 Å². The summed E-state index contributed by atoms with van der Waals surface area (Å²) in [6.07, 6.45) is -0.983. The third-order valence-corrected chi connectivity index (χ3v) is 6.59. The highest BCUT2D eigenvalue weighted by Gasteiger charge is 2.60. The summed E-state index contributed by atoms with van der Waals surface area (Å²) >= 11 is 18.6. The SMILES string of the molecule is O=C1[C@H]2[C@@H](ON(c3ccccc3)[C@H]2c2ccccc2Cl)C(=O)N1c1ccc(Cl)c(Cl)c1. The Balaban J connectivity index is 1.60. The number of rotatable bonds is 3. The van der Waals surface area contributed by atoms with Crippen LogP contribution in [0.25, 0.3) is 0 Å². The van der Waals surface area contributed by atoms with Crippen molar-refractivity contribution in [2.45, 2.75) is 12.1 Å². The van der Waals surface area contributed by atoms with Crippen molar-refractivity contribution in [2.75, 3.05) is 9.96 Å². The average Bonchev–Trinajstić information content (AvgIpc) is 3.27. The van der Waals surface area contributed by atoms with Crippen molar-refractivity contribution in [3.63, 3.8) is 0 Å². The van der Waals surface area contributed by atoms with E-state index in [-0.39, 0.29) is 10.9 Å². The number of halogens is 3. The quantitative estimate of drug-likeness (QED) is 0.458. The normalized spacial score (nSPS) is 22.9. The summed E-state index contributed by atoms with van der Waals surface area (Å²) in [5.41, 5.74) is 1.78. The third kappa shape index (κ3) is 3.29. The predicted molar refractivity (Wildman–Crippen MR) is 120 cm³/mol. The Kier molecular flexibility index (Phi) is 5.15. The van der Waals surface area contributed by atoms with Crippen LogP contribution in [0.3, 0.4) is 0 Å². The van der Waals surface area contributed by atoms with E-state index in [0.29, 0.717) is 21.3 Å². The van der Waals surface area contributed by atoms with Crippen molar-refractivity contribution < 1.29 is 14.4 Å². The minimum atomic E-state index is -0.983. The van der Waals surface area contributed by atoms with E-state index in [2.05, 4.69) is 0 Å². The van der Waals surface area contributed by atoms with Gasteiger partial charge in [-0.15, -0.1) is 0 Å². The van der Waals surface area contributed by atoms with E-state index in [1.807, 2.05) is 48.5 Å². The summed E-state index contributed by atoms with van der Waals surface area (Å²) in [7, 11) is 0. The van der Waals surface area contributed by atoms with E-state index in [1.165, 1.54) is 6.07 Å². The average molecular weight is 474 g/mol. The van der Waals surface area contributed by atoms with Gasteiger partial charge in [0.1, 0.15) is 5.92 Å². The highest BCUT2D eigenvalue weighted by molar-refractivity contribution is 6.42. The molecule has 0 aromatic heterocycles. The molecule has 156 valence electrons. The maximum atomic E-state index is 13.5. The number of anilines is 2. The molecule has 2 amide bonds. The van der Waals surface area contributed by atoms with Crippen molar-refractivity contribution in [1.29, 1.82) is 0 Å². The predicted octanol–water partition coefficient (Wildman–Crippen LogP) is 5.70. The molecular formula is C23H15Cl3N2O3. The van der Waals surface area contributed by atoms with E-state index in [1.54, 1.807) is 23.3 Å². The Hall–Kier alpha value is -2.57. The van der Waals surface area contributed by atoms with E-state index in [0.717, 1.165) is 10.6 Å². The second-order valence-electron chi connectivity index (χ2n) is 7.29. The fraction of sp³-hybridized carbons (Fsp3) is 0.130. The Labute approximate surface area is 193 Å². The van der Waals surface area contributed by atoms with Gasteiger partial charge in [-0.05, 0) is 42.0 Å². The van der Waals surface area contributed by atoms with Crippen LogP contribution in [-0.4, -0.2) is 17.9 Å². The number of hydrogen-bond donors (Lipinski definition) is 0. The molecule has 0 aliphatic carbocycles. The molecular weight excluding hydrogens is 459 g/mol. The number of nitrogens with zero attached hydrogens (tertiary/aromatic N) is 2. The number of hydroxylamine groups is 1. The zero-order valence-corrected chi connectivity index (χ0v) is 18.2. The van der Waals surface area contributed by atoms with Crippen molar-refractivity contribution in [2.24, 2.45) is 5.92 Å². The number of carbonyl (C=O) groups excluding carboxylic acids is 2. The van der Waals surface area contributed by atoms with Crippen molar-refractivity contribution >= 4 is 58.0 Å². The largest absolute Gasteiger partial charge is 0.273 e. The zero-order valence-electron chi connectivity index (χ0n) is 15.9. The van der Waals surface area contributed by atoms with Crippen LogP contribution in [0.5, 0.6) is 0 Å². The lowest BCUT2D eigenvalue weighted by atomic mass is 9.90. The molecule has 0 saturated carbocycles. The molecule has 2 aliphatic heterocycles. The van der Waals surface area contributed by atoms with Gasteiger partial charge in [0, 0.05) is 5.02 Å². The molecule has 2 fully saturated rings. The fourth-order valence-corrected chi connectivity index (χ4v) is 4.66. The molecule has 3 aromatic rings. The standard InChI is InChI=1S/C23H15Cl3N2O3/c24-16-9-5-4-8-15(16)20-19-21(31-28(20)13-6-2-1-3-7-13)23(30)27(22(19)29)14-10-11-17(25)18(26)12-14/h1-12,19-21H/t19-,20+,21-/m1/s1. The Morgan fingerprint density at radius 1 is 0.710 bits per heavy atom. The molecule has 2 aliphatic rings. The van der Waals surface area contributed by atoms with Crippen LogP contribution in [0.1, 0.15) is 11.6 Å². The molecule has 0 spiro atoms. The van der Waals surface area contributed by atoms with Gasteiger partial charge in [-0.25, -0.2) is 9.96 Å². The molecule has 0 radical (unpaired) electrons. The van der Waals surface area contributed by atoms with Gasteiger partial charge in [0.2, 0.25) is 5.91 Å². The summed E-state index contributed by atoms with van der Waals surface area (Å²) < 4.78 is 0. The van der Waals surface area contributed by atoms with Crippen LogP contribution in [0.2, 0.25) is 15.1 Å². The van der Waals surface area contributed by atoms with Gasteiger partial charge in [0.15, 0.2) is 6.10 Å². The second-order valence-corrected chi connectivity index (χ2v) is 8.51. The van der Waals surface area contributed by atoms with Crippen LogP contribution in [0.4, 0.5) is 11.4 Å². The summed E-state index contributed by atoms with van der Waals surface area (Å²) in [4.78, 5) is 34.0. The maximum absolute atomic E-state index is 13.5. The number of imide groups is 1. The van der Waals surface area contributed by atoms with Gasteiger partial charge in [0.05, 0.1) is 27.5 Å². The number of carbonyl (C=O) groups is 2. The minimum Gasteiger partial charge on any atom is -0.273 e. The van der Waals surface area contributed by atoms with Crippen LogP contribution >= 0.6 is 34.8 Å². The Morgan fingerprint density at radius 2 is 1.42 bits per heavy atom. The maximum Gasteiger partial charge on any atom is 0.266 e. The third-order valence-electron chi connectivity index (χ3n) is 5.51. The lowest BCUT2D eigenvalue weighted by molar-refractivity contribution is -0.126. The number of amides is 2. The molecule has 0 N–H and O–H groups in total. The lowest BCUT2D eigenvalue weighted by Crippen LogP contribution is -2.37. The van der Waals surface area contributed by atoms with Crippen LogP contribution in [0, 0.1) is 5.92 Å². The first-order valence-corrected chi connectivity index (χ1v) is 10.7. The van der Waals surface area contributed by atoms with Gasteiger partial charge in [-0.2, -0.15) is 0 Å². The van der Waals surface area contributed by atoms with Crippen molar-refractivity contribution in [1.82, 2.24) is 0 Å². The van der Waals surface area contributed by atoms with E-state index >= 15 is 0 Å². The molecule has 3 atom stereocenters. The summed E-state index contributed by atoms with van der Waals surface area (Å²) in [5.74, 6) is -1.61. The summed E-state index contributed by atoms with van der Waals surface area (Å²) in [5, 5.41) is 2.70. The Bertz CT molecular complexity index is 1190. The minimum absolute atomic E-state index is 0.256. The molecule has 0 unspecified atom stereocenters. The first-order valence-electron chi connectivity index (χ1n) is 9.55. The summed E-state index contributed by atoms with van der Waals surface area (Å²) in [6, 6.07) is 20.6. The van der Waals surface area contributed by atoms with Gasteiger partial charge in [0.25, 0.3) is 5.91 Å². The van der Waals surface area contributed by atoms with Crippen molar-refractivity contribution in [3.8, 4) is 0 Å². The number of benzene rings is 3. The topological polar surface area (TPSA) is 49.9 Å². The lowest BCUT2D eigenvalue weighted by Gasteiger charge is -2.29. The molecule has 3 aromatic carbocycles. The number of para-hydroxylation sites is 1. The second kappa shape index (κ2) is 7.84. The van der Waals surface area contributed by atoms with E-state index < -0.39 is 24.0 Å². The fourth-order valence-electron chi connectivity index (χ4n) is 4.12. The highest BCUT2D eigenvalue weighted by Crippen LogP contribution is 2.49. The first kappa shape index (κ1) is 20.3. The van der Waals surface area contributed by atoms with Crippen LogP contribution < -0.4 is 9.96 Å². The van der Waals surface area contributed by atoms with Crippen LogP contribution in [0.15, 0.2) is 72.8 Å². The zero-order chi connectivity index (χ0) is 21.7. The van der Waals surface area contributed by atoms with Crippen LogP contribution in [-0.2, 0) is 14.4 Å². The van der Waals surface area contributed by atoms with Gasteiger partial charge in [-0.1, -0.05) is 71.2 Å². The van der Waals surface area contributed by atoms with E-state index in [9.17, 15) is 9.59 Å². The molecule has 2 saturated heterocycles. The molecule has 0 bridgehead atoms. The smallest absolute Gasteiger partial charge is 0.266 e. The number of hydrogen-bond acceptors (Lipinski definition) is 4. The van der Waals surface area contributed by atoms with Gasteiger partial charge < -0.3 is 0 Å². The number of fused-ring (bicyclic) bond motifs is 1. The molecule has 8 heteroatoms. The molecule has 5 nitrogen and oxygen atoms in total. The molecule has 31 heavy (non-hydrogen) atoms. The highest BCUT2D eigenvalue weighted by atomic mass is 35.5. The summed E-state index contributed by atoms with van der Waals surface area (Å²) in [6.45, 7) is 0. The molecule has 5 rings (SSSR count). The molecule has 2 heterocycles. The van der Waals surface area contributed by atoms with Crippen molar-refractivity contribution in [3.05, 3.63) is 93.4 Å². The monoisotopic (exact) mass is 472 g/mol. The Morgan fingerprint density at radius 3 is 2.13 bits per heavy atom.